The molecule has 1 unspecified atom stereocenters. The monoisotopic (exact) mass is 629 g/mol. The maximum Gasteiger partial charge on any atom is 0.283 e. The predicted molar refractivity (Wildman–Crippen MR) is 151 cm³/mol. The summed E-state index contributed by atoms with van der Waals surface area (Å²) in [7, 11) is 1.66. The SMILES string of the molecule is CCOc1cc(Br)cc(C#N)c1.CCOc1cc(Br)cc(C2(c3ccc(OC)c(C)c3)COC(N)=N2)c1. The van der Waals surface area contributed by atoms with E-state index in [-0.39, 0.29) is 6.02 Å². The van der Waals surface area contributed by atoms with E-state index in [1.807, 2.05) is 57.2 Å². The molecule has 0 aliphatic carbocycles. The van der Waals surface area contributed by atoms with Gasteiger partial charge in [0.25, 0.3) is 6.02 Å². The Morgan fingerprint density at radius 2 is 1.62 bits per heavy atom. The van der Waals surface area contributed by atoms with Gasteiger partial charge in [0.05, 0.1) is 32.0 Å². The van der Waals surface area contributed by atoms with Crippen LogP contribution in [0, 0.1) is 18.3 Å². The number of ether oxygens (including phenoxy) is 4. The normalized spacial score (nSPS) is 16.0. The van der Waals surface area contributed by atoms with Crippen LogP contribution in [0.15, 0.2) is 68.5 Å². The summed E-state index contributed by atoms with van der Waals surface area (Å²) in [6.45, 7) is 7.41. The van der Waals surface area contributed by atoms with E-state index >= 15 is 0 Å². The van der Waals surface area contributed by atoms with Gasteiger partial charge in [0.15, 0.2) is 5.54 Å². The summed E-state index contributed by atoms with van der Waals surface area (Å²) in [6.07, 6.45) is 0. The highest BCUT2D eigenvalue weighted by atomic mass is 79.9. The van der Waals surface area contributed by atoms with Crippen molar-refractivity contribution in [1.82, 2.24) is 0 Å². The number of nitrogens with two attached hydrogens (primary N) is 1. The molecule has 0 saturated heterocycles. The maximum atomic E-state index is 8.63. The lowest BCUT2D eigenvalue weighted by molar-refractivity contribution is 0.277. The molecule has 4 rings (SSSR count). The van der Waals surface area contributed by atoms with Gasteiger partial charge in [0, 0.05) is 8.95 Å². The Kier molecular flexibility index (Phi) is 9.84. The zero-order valence-corrected chi connectivity index (χ0v) is 24.4. The van der Waals surface area contributed by atoms with Crippen LogP contribution in [0.3, 0.4) is 0 Å². The van der Waals surface area contributed by atoms with Crippen molar-refractivity contribution in [2.24, 2.45) is 10.7 Å². The highest BCUT2D eigenvalue weighted by Crippen LogP contribution is 2.41. The van der Waals surface area contributed by atoms with Gasteiger partial charge in [-0.1, -0.05) is 37.9 Å². The van der Waals surface area contributed by atoms with Gasteiger partial charge in [-0.05, 0) is 86.0 Å². The first-order valence-electron chi connectivity index (χ1n) is 11.6. The number of halogens is 2. The van der Waals surface area contributed by atoms with Gasteiger partial charge in [-0.15, -0.1) is 0 Å². The summed E-state index contributed by atoms with van der Waals surface area (Å²) in [5.74, 6) is 2.33. The van der Waals surface area contributed by atoms with E-state index in [0.29, 0.717) is 25.4 Å². The molecule has 3 aromatic rings. The standard InChI is InChI=1S/C19H21BrN2O3.C9H8BrNO/c1-4-24-16-9-14(8-15(20)10-16)19(11-25-18(21)22-19)13-5-6-17(23-3)12(2)7-13;1-2-12-9-4-7(6-11)3-8(10)5-9/h5-10H,4,11H2,1-3H3,(H2,21,22);3-5H,2H2,1H3. The molecule has 1 aliphatic heterocycles. The van der Waals surface area contributed by atoms with Crippen molar-refractivity contribution in [3.63, 3.8) is 0 Å². The fourth-order valence-corrected chi connectivity index (χ4v) is 4.90. The van der Waals surface area contributed by atoms with Gasteiger partial charge in [-0.3, -0.25) is 0 Å². The van der Waals surface area contributed by atoms with Crippen LogP contribution in [-0.2, 0) is 10.3 Å². The molecule has 1 heterocycles. The average Bonchev–Trinajstić information content (AvgIpc) is 3.27. The van der Waals surface area contributed by atoms with Crippen LogP contribution in [0.2, 0.25) is 0 Å². The molecular formula is C28H29Br2N3O4. The molecule has 9 heteroatoms. The first-order chi connectivity index (χ1) is 17.7. The molecule has 7 nitrogen and oxygen atoms in total. The Balaban J connectivity index is 0.000000266. The van der Waals surface area contributed by atoms with E-state index < -0.39 is 5.54 Å². The molecule has 0 fully saturated rings. The van der Waals surface area contributed by atoms with E-state index in [1.165, 1.54) is 0 Å². The molecular weight excluding hydrogens is 602 g/mol. The fraction of sp³-hybridized carbons (Fsp3) is 0.286. The minimum Gasteiger partial charge on any atom is -0.496 e. The van der Waals surface area contributed by atoms with Crippen LogP contribution in [-0.4, -0.2) is 33.0 Å². The Morgan fingerprint density at radius 3 is 2.16 bits per heavy atom. The molecule has 0 radical (unpaired) electrons. The molecule has 2 N–H and O–H groups in total. The van der Waals surface area contributed by atoms with Gasteiger partial charge in [-0.25, -0.2) is 4.99 Å². The van der Waals surface area contributed by atoms with Crippen LogP contribution in [0.1, 0.15) is 36.1 Å². The molecule has 194 valence electrons. The number of methoxy groups -OCH3 is 1. The van der Waals surface area contributed by atoms with Crippen molar-refractivity contribution in [1.29, 1.82) is 5.26 Å². The molecule has 0 aromatic heterocycles. The molecule has 0 amide bonds. The fourth-order valence-electron chi connectivity index (χ4n) is 3.96. The minimum absolute atomic E-state index is 0.186. The number of aryl methyl sites for hydroxylation is 1. The van der Waals surface area contributed by atoms with Crippen molar-refractivity contribution < 1.29 is 18.9 Å². The molecule has 1 aliphatic rings. The third-order valence-corrected chi connectivity index (χ3v) is 6.49. The van der Waals surface area contributed by atoms with Crippen molar-refractivity contribution in [3.05, 3.63) is 85.8 Å². The van der Waals surface area contributed by atoms with Crippen LogP contribution < -0.4 is 19.9 Å². The summed E-state index contributed by atoms with van der Waals surface area (Å²) in [4.78, 5) is 4.65. The number of aliphatic imine (C=N–C) groups is 1. The smallest absolute Gasteiger partial charge is 0.283 e. The van der Waals surface area contributed by atoms with Crippen LogP contribution in [0.4, 0.5) is 0 Å². The van der Waals surface area contributed by atoms with E-state index in [4.69, 9.17) is 29.9 Å². The van der Waals surface area contributed by atoms with E-state index in [2.05, 4.69) is 49.0 Å². The molecule has 3 aromatic carbocycles. The summed E-state index contributed by atoms with van der Waals surface area (Å²) in [5.41, 5.74) is 8.74. The zero-order valence-electron chi connectivity index (χ0n) is 21.2. The molecule has 37 heavy (non-hydrogen) atoms. The van der Waals surface area contributed by atoms with Gasteiger partial charge >= 0.3 is 0 Å². The quantitative estimate of drug-likeness (QED) is 0.321. The molecule has 0 saturated carbocycles. The van der Waals surface area contributed by atoms with E-state index in [1.54, 1.807) is 19.2 Å². The second-order valence-electron chi connectivity index (χ2n) is 8.11. The summed E-state index contributed by atoms with van der Waals surface area (Å²) >= 11 is 6.85. The number of nitrogens with zero attached hydrogens (tertiary/aromatic N) is 2. The second-order valence-corrected chi connectivity index (χ2v) is 9.94. The van der Waals surface area contributed by atoms with Crippen molar-refractivity contribution >= 4 is 37.9 Å². The largest absolute Gasteiger partial charge is 0.496 e. The number of hydrogen-bond donors (Lipinski definition) is 1. The van der Waals surface area contributed by atoms with Crippen molar-refractivity contribution in [2.45, 2.75) is 26.3 Å². The number of benzene rings is 3. The second kappa shape index (κ2) is 12.8. The summed E-state index contributed by atoms with van der Waals surface area (Å²) < 4.78 is 23.6. The van der Waals surface area contributed by atoms with Crippen molar-refractivity contribution in [2.75, 3.05) is 26.9 Å². The van der Waals surface area contributed by atoms with Crippen LogP contribution in [0.25, 0.3) is 0 Å². The Hall–Kier alpha value is -3.22. The topological polar surface area (TPSA) is 99.1 Å². The zero-order chi connectivity index (χ0) is 27.0. The third-order valence-electron chi connectivity index (χ3n) is 5.57. The lowest BCUT2D eigenvalue weighted by Crippen LogP contribution is -2.27. The highest BCUT2D eigenvalue weighted by Gasteiger charge is 2.40. The predicted octanol–water partition coefficient (Wildman–Crippen LogP) is 6.47. The van der Waals surface area contributed by atoms with Gasteiger partial charge in [0.2, 0.25) is 0 Å². The lowest BCUT2D eigenvalue weighted by atomic mass is 9.83. The summed E-state index contributed by atoms with van der Waals surface area (Å²) in [6, 6.07) is 19.5. The molecule has 1 atom stereocenters. The maximum absolute atomic E-state index is 8.63. The van der Waals surface area contributed by atoms with Crippen molar-refractivity contribution in [3.8, 4) is 23.3 Å². The van der Waals surface area contributed by atoms with Gasteiger partial charge < -0.3 is 24.7 Å². The number of hydrogen-bond acceptors (Lipinski definition) is 7. The number of nitriles is 1. The minimum atomic E-state index is -0.712. The Labute approximate surface area is 234 Å². The lowest BCUT2D eigenvalue weighted by Gasteiger charge is -2.26. The van der Waals surface area contributed by atoms with Gasteiger partial charge in [-0.2, -0.15) is 5.26 Å². The number of rotatable bonds is 7. The molecule has 0 bridgehead atoms. The average molecular weight is 631 g/mol. The first-order valence-corrected chi connectivity index (χ1v) is 13.2. The third kappa shape index (κ3) is 6.96. The summed E-state index contributed by atoms with van der Waals surface area (Å²) in [5, 5.41) is 8.63. The number of amidine groups is 1. The van der Waals surface area contributed by atoms with Gasteiger partial charge in [0.1, 0.15) is 23.9 Å². The van der Waals surface area contributed by atoms with Crippen LogP contribution >= 0.6 is 31.9 Å². The van der Waals surface area contributed by atoms with E-state index in [0.717, 1.165) is 42.9 Å². The Bertz CT molecular complexity index is 1320. The van der Waals surface area contributed by atoms with E-state index in [9.17, 15) is 0 Å². The highest BCUT2D eigenvalue weighted by molar-refractivity contribution is 9.10. The Morgan fingerprint density at radius 1 is 0.973 bits per heavy atom. The first kappa shape index (κ1) is 28.4. The molecule has 0 spiro atoms. The van der Waals surface area contributed by atoms with Crippen LogP contribution in [0.5, 0.6) is 17.2 Å².